The molecule has 16 heavy (non-hydrogen) atoms. The molecule has 0 aromatic heterocycles. The van der Waals surface area contributed by atoms with E-state index in [1.807, 2.05) is 24.3 Å². The summed E-state index contributed by atoms with van der Waals surface area (Å²) in [6.07, 6.45) is 1.33. The maximum Gasteiger partial charge on any atom is 0.0776 e. The van der Waals surface area contributed by atoms with Gasteiger partial charge in [-0.15, -0.1) is 6.58 Å². The zero-order valence-electron chi connectivity index (χ0n) is 9.78. The summed E-state index contributed by atoms with van der Waals surface area (Å²) in [5.74, 6) is 0. The van der Waals surface area contributed by atoms with Crippen LogP contribution >= 0.6 is 11.6 Å². The zero-order chi connectivity index (χ0) is 12.1. The van der Waals surface area contributed by atoms with Crippen LogP contribution in [-0.4, -0.2) is 18.2 Å². The number of aliphatic hydroxyl groups excluding tert-OH is 1. The summed E-state index contributed by atoms with van der Waals surface area (Å²) in [5.41, 5.74) is 1.82. The Morgan fingerprint density at radius 1 is 1.56 bits per heavy atom. The summed E-state index contributed by atoms with van der Waals surface area (Å²) < 4.78 is 0. The van der Waals surface area contributed by atoms with Gasteiger partial charge in [0.05, 0.1) is 6.10 Å². The molecule has 0 aliphatic rings. The van der Waals surface area contributed by atoms with Gasteiger partial charge in [-0.3, -0.25) is 0 Å². The highest BCUT2D eigenvalue weighted by Crippen LogP contribution is 2.27. The normalized spacial score (nSPS) is 12.2. The first-order valence-corrected chi connectivity index (χ1v) is 5.81. The number of anilines is 1. The Morgan fingerprint density at radius 2 is 2.25 bits per heavy atom. The SMILES string of the molecule is C=CCN(CC)c1ccc(C(C)O)c(Cl)c1. The molecule has 1 unspecified atom stereocenters. The van der Waals surface area contributed by atoms with Crippen molar-refractivity contribution in [2.75, 3.05) is 18.0 Å². The molecule has 0 bridgehead atoms. The molecule has 0 radical (unpaired) electrons. The van der Waals surface area contributed by atoms with Crippen molar-refractivity contribution in [2.45, 2.75) is 20.0 Å². The van der Waals surface area contributed by atoms with Crippen LogP contribution in [0.15, 0.2) is 30.9 Å². The molecule has 0 aliphatic carbocycles. The molecule has 0 heterocycles. The molecule has 1 atom stereocenters. The third-order valence-electron chi connectivity index (χ3n) is 2.53. The smallest absolute Gasteiger partial charge is 0.0776 e. The third-order valence-corrected chi connectivity index (χ3v) is 2.86. The molecule has 2 nitrogen and oxygen atoms in total. The average molecular weight is 240 g/mol. The van der Waals surface area contributed by atoms with E-state index in [0.29, 0.717) is 5.02 Å². The van der Waals surface area contributed by atoms with Crippen molar-refractivity contribution in [1.82, 2.24) is 0 Å². The van der Waals surface area contributed by atoms with Gasteiger partial charge < -0.3 is 10.0 Å². The van der Waals surface area contributed by atoms with Crippen LogP contribution in [0.5, 0.6) is 0 Å². The van der Waals surface area contributed by atoms with Gasteiger partial charge >= 0.3 is 0 Å². The van der Waals surface area contributed by atoms with Gasteiger partial charge in [-0.2, -0.15) is 0 Å². The quantitative estimate of drug-likeness (QED) is 0.796. The van der Waals surface area contributed by atoms with Crippen LogP contribution in [0.3, 0.4) is 0 Å². The molecule has 0 amide bonds. The van der Waals surface area contributed by atoms with E-state index in [4.69, 9.17) is 11.6 Å². The van der Waals surface area contributed by atoms with Crippen LogP contribution < -0.4 is 4.90 Å². The summed E-state index contributed by atoms with van der Waals surface area (Å²) in [5, 5.41) is 10.1. The van der Waals surface area contributed by atoms with Gasteiger partial charge in [0.25, 0.3) is 0 Å². The van der Waals surface area contributed by atoms with E-state index in [1.54, 1.807) is 6.92 Å². The molecule has 0 spiro atoms. The molecular weight excluding hydrogens is 222 g/mol. The topological polar surface area (TPSA) is 23.5 Å². The van der Waals surface area contributed by atoms with Gasteiger partial charge in [-0.1, -0.05) is 23.7 Å². The van der Waals surface area contributed by atoms with Gasteiger partial charge in [-0.25, -0.2) is 0 Å². The van der Waals surface area contributed by atoms with E-state index < -0.39 is 6.10 Å². The second kappa shape index (κ2) is 5.92. The number of hydrogen-bond donors (Lipinski definition) is 1. The van der Waals surface area contributed by atoms with Crippen LogP contribution in [0, 0.1) is 0 Å². The predicted octanol–water partition coefficient (Wildman–Crippen LogP) is 3.41. The maximum atomic E-state index is 9.48. The third kappa shape index (κ3) is 3.00. The fourth-order valence-corrected chi connectivity index (χ4v) is 1.96. The van der Waals surface area contributed by atoms with E-state index >= 15 is 0 Å². The lowest BCUT2D eigenvalue weighted by atomic mass is 10.1. The van der Waals surface area contributed by atoms with Crippen molar-refractivity contribution >= 4 is 17.3 Å². The lowest BCUT2D eigenvalue weighted by Gasteiger charge is -2.22. The molecule has 0 fully saturated rings. The number of aliphatic hydroxyl groups is 1. The second-order valence-electron chi connectivity index (χ2n) is 3.71. The second-order valence-corrected chi connectivity index (χ2v) is 4.12. The highest BCUT2D eigenvalue weighted by Gasteiger charge is 2.09. The van der Waals surface area contributed by atoms with Gasteiger partial charge in [0, 0.05) is 23.8 Å². The van der Waals surface area contributed by atoms with Crippen molar-refractivity contribution in [3.63, 3.8) is 0 Å². The molecular formula is C13H18ClNO. The maximum absolute atomic E-state index is 9.48. The molecule has 0 aliphatic heterocycles. The highest BCUT2D eigenvalue weighted by atomic mass is 35.5. The number of likely N-dealkylation sites (N-methyl/N-ethyl adjacent to an activating group) is 1. The Morgan fingerprint density at radius 3 is 2.69 bits per heavy atom. The minimum atomic E-state index is -0.531. The van der Waals surface area contributed by atoms with Gasteiger partial charge in [0.2, 0.25) is 0 Å². The first kappa shape index (κ1) is 13.1. The summed E-state index contributed by atoms with van der Waals surface area (Å²) in [6.45, 7) is 9.21. The molecule has 1 N–H and O–H groups in total. The van der Waals surface area contributed by atoms with Gasteiger partial charge in [-0.05, 0) is 31.5 Å². The van der Waals surface area contributed by atoms with Crippen LogP contribution in [0.25, 0.3) is 0 Å². The van der Waals surface area contributed by atoms with Crippen molar-refractivity contribution in [3.8, 4) is 0 Å². The first-order chi connectivity index (χ1) is 7.60. The number of halogens is 1. The van der Waals surface area contributed by atoms with Crippen LogP contribution in [0.4, 0.5) is 5.69 Å². The molecule has 1 rings (SSSR count). The minimum Gasteiger partial charge on any atom is -0.389 e. The average Bonchev–Trinajstić information content (AvgIpc) is 2.25. The van der Waals surface area contributed by atoms with Crippen molar-refractivity contribution in [2.24, 2.45) is 0 Å². The number of hydrogen-bond acceptors (Lipinski definition) is 2. The van der Waals surface area contributed by atoms with E-state index in [-0.39, 0.29) is 0 Å². The molecule has 3 heteroatoms. The van der Waals surface area contributed by atoms with Crippen molar-refractivity contribution in [3.05, 3.63) is 41.4 Å². The molecule has 1 aromatic carbocycles. The monoisotopic (exact) mass is 239 g/mol. The van der Waals surface area contributed by atoms with E-state index in [1.165, 1.54) is 0 Å². The van der Waals surface area contributed by atoms with Crippen molar-refractivity contribution < 1.29 is 5.11 Å². The lowest BCUT2D eigenvalue weighted by Crippen LogP contribution is -2.22. The first-order valence-electron chi connectivity index (χ1n) is 5.43. The zero-order valence-corrected chi connectivity index (χ0v) is 10.5. The summed E-state index contributed by atoms with van der Waals surface area (Å²) in [7, 11) is 0. The fraction of sp³-hybridized carbons (Fsp3) is 0.385. The Kier molecular flexibility index (Phi) is 4.84. The van der Waals surface area contributed by atoms with Crippen LogP contribution in [-0.2, 0) is 0 Å². The van der Waals surface area contributed by atoms with Crippen LogP contribution in [0.2, 0.25) is 5.02 Å². The van der Waals surface area contributed by atoms with E-state index in [2.05, 4.69) is 18.4 Å². The molecule has 1 aromatic rings. The predicted molar refractivity (Wildman–Crippen MR) is 70.2 cm³/mol. The summed E-state index contributed by atoms with van der Waals surface area (Å²) >= 11 is 6.11. The summed E-state index contributed by atoms with van der Waals surface area (Å²) in [6, 6.07) is 5.73. The number of benzene rings is 1. The summed E-state index contributed by atoms with van der Waals surface area (Å²) in [4.78, 5) is 2.16. The number of nitrogens with zero attached hydrogens (tertiary/aromatic N) is 1. The molecule has 0 saturated heterocycles. The largest absolute Gasteiger partial charge is 0.389 e. The standard InChI is InChI=1S/C13H18ClNO/c1-4-8-15(5-2)11-6-7-12(10(3)16)13(14)9-11/h4,6-7,9-10,16H,1,5,8H2,2-3H3. The Balaban J connectivity index is 2.99. The van der Waals surface area contributed by atoms with Gasteiger partial charge in [0.15, 0.2) is 0 Å². The van der Waals surface area contributed by atoms with E-state index in [9.17, 15) is 5.11 Å². The Hall–Kier alpha value is -0.990. The fourth-order valence-electron chi connectivity index (χ4n) is 1.62. The lowest BCUT2D eigenvalue weighted by molar-refractivity contribution is 0.199. The molecule has 0 saturated carbocycles. The van der Waals surface area contributed by atoms with Gasteiger partial charge in [0.1, 0.15) is 0 Å². The Labute approximate surface area is 102 Å². The highest BCUT2D eigenvalue weighted by molar-refractivity contribution is 6.31. The minimum absolute atomic E-state index is 0.531. The Bertz CT molecular complexity index is 363. The van der Waals surface area contributed by atoms with Crippen LogP contribution in [0.1, 0.15) is 25.5 Å². The number of rotatable bonds is 5. The van der Waals surface area contributed by atoms with E-state index in [0.717, 1.165) is 24.3 Å². The van der Waals surface area contributed by atoms with Crippen molar-refractivity contribution in [1.29, 1.82) is 0 Å². The molecule has 88 valence electrons.